The smallest absolute Gasteiger partial charge is 0.192 e. The summed E-state index contributed by atoms with van der Waals surface area (Å²) in [4.78, 5) is 15.4. The van der Waals surface area contributed by atoms with Gasteiger partial charge >= 0.3 is 0 Å². The van der Waals surface area contributed by atoms with Gasteiger partial charge in [0.15, 0.2) is 16.8 Å². The summed E-state index contributed by atoms with van der Waals surface area (Å²) in [6, 6.07) is 12.7. The van der Waals surface area contributed by atoms with Gasteiger partial charge in [-0.05, 0) is 36.0 Å². The number of rotatable bonds is 6. The molecule has 0 bridgehead atoms. The lowest BCUT2D eigenvalue weighted by Crippen LogP contribution is -2.11. The van der Waals surface area contributed by atoms with Crippen LogP contribution < -0.4 is 0 Å². The predicted octanol–water partition coefficient (Wildman–Crippen LogP) is 5.66. The molecule has 1 aliphatic rings. The van der Waals surface area contributed by atoms with Crippen LogP contribution in [0.5, 0.6) is 0 Å². The first-order valence-electron chi connectivity index (χ1n) is 10.3. The molecule has 29 heavy (non-hydrogen) atoms. The third-order valence-electron chi connectivity index (χ3n) is 5.59. The van der Waals surface area contributed by atoms with Crippen LogP contribution in [0.2, 0.25) is 0 Å². The Bertz CT molecular complexity index is 961. The minimum absolute atomic E-state index is 0.0806. The molecule has 2 aromatic heterocycles. The number of thioether (sulfide) groups is 1. The Kier molecular flexibility index (Phi) is 5.63. The maximum absolute atomic E-state index is 12.4. The molecular formula is C23H28N4OS. The van der Waals surface area contributed by atoms with Gasteiger partial charge in [0.2, 0.25) is 0 Å². The summed E-state index contributed by atoms with van der Waals surface area (Å²) in [6.07, 6.45) is 6.53. The zero-order valence-electron chi connectivity index (χ0n) is 17.3. The summed E-state index contributed by atoms with van der Waals surface area (Å²) >= 11 is 1.48. The van der Waals surface area contributed by atoms with E-state index >= 15 is 0 Å². The number of nitrogens with zero attached hydrogens (tertiary/aromatic N) is 3. The van der Waals surface area contributed by atoms with E-state index in [0.29, 0.717) is 17.5 Å². The summed E-state index contributed by atoms with van der Waals surface area (Å²) in [6.45, 7) is 6.66. The fourth-order valence-corrected chi connectivity index (χ4v) is 4.78. The average molecular weight is 409 g/mol. The molecule has 0 aliphatic heterocycles. The number of hydrogen-bond acceptors (Lipinski definition) is 4. The van der Waals surface area contributed by atoms with Crippen molar-refractivity contribution in [2.24, 2.45) is 0 Å². The van der Waals surface area contributed by atoms with Crippen molar-refractivity contribution in [2.45, 2.75) is 63.1 Å². The second-order valence-electron chi connectivity index (χ2n) is 8.74. The second kappa shape index (κ2) is 8.19. The summed E-state index contributed by atoms with van der Waals surface area (Å²) in [7, 11) is 0. The zero-order valence-corrected chi connectivity index (χ0v) is 18.1. The molecule has 1 fully saturated rings. The highest BCUT2D eigenvalue weighted by Gasteiger charge is 2.25. The minimum atomic E-state index is 0.0806. The average Bonchev–Trinajstić information content (AvgIpc) is 3.46. The van der Waals surface area contributed by atoms with Gasteiger partial charge in [-0.1, -0.05) is 69.6 Å². The van der Waals surface area contributed by atoms with Gasteiger partial charge in [-0.15, -0.1) is 10.2 Å². The molecule has 152 valence electrons. The van der Waals surface area contributed by atoms with Crippen LogP contribution in [-0.2, 0) is 5.41 Å². The first-order chi connectivity index (χ1) is 13.9. The first kappa shape index (κ1) is 20.0. The lowest BCUT2D eigenvalue weighted by molar-refractivity contribution is 0.101. The number of ketones is 1. The molecule has 0 amide bonds. The van der Waals surface area contributed by atoms with Gasteiger partial charge in [0.05, 0.1) is 11.4 Å². The second-order valence-corrected chi connectivity index (χ2v) is 9.68. The van der Waals surface area contributed by atoms with Crippen LogP contribution in [0.3, 0.4) is 0 Å². The van der Waals surface area contributed by atoms with Gasteiger partial charge in [-0.25, -0.2) is 0 Å². The molecule has 0 spiro atoms. The van der Waals surface area contributed by atoms with E-state index in [4.69, 9.17) is 0 Å². The van der Waals surface area contributed by atoms with Crippen molar-refractivity contribution < 1.29 is 4.79 Å². The zero-order chi connectivity index (χ0) is 20.4. The van der Waals surface area contributed by atoms with Gasteiger partial charge in [0, 0.05) is 17.8 Å². The summed E-state index contributed by atoms with van der Waals surface area (Å²) in [5.74, 6) is 1.35. The van der Waals surface area contributed by atoms with Gasteiger partial charge in [-0.2, -0.15) is 0 Å². The van der Waals surface area contributed by atoms with Crippen LogP contribution >= 0.6 is 11.8 Å². The molecule has 4 rings (SSSR count). The van der Waals surface area contributed by atoms with Crippen molar-refractivity contribution in [3.8, 4) is 11.4 Å². The van der Waals surface area contributed by atoms with E-state index < -0.39 is 0 Å². The Hall–Kier alpha value is -2.34. The van der Waals surface area contributed by atoms with Crippen LogP contribution in [0.25, 0.3) is 11.4 Å². The van der Waals surface area contributed by atoms with Crippen LogP contribution in [0.15, 0.2) is 47.8 Å². The summed E-state index contributed by atoms with van der Waals surface area (Å²) in [5.41, 5.74) is 3.15. The highest BCUT2D eigenvalue weighted by Crippen LogP contribution is 2.37. The van der Waals surface area contributed by atoms with Crippen molar-refractivity contribution in [3.63, 3.8) is 0 Å². The Balaban J connectivity index is 1.61. The Labute approximate surface area is 176 Å². The third-order valence-corrected chi connectivity index (χ3v) is 6.54. The highest BCUT2D eigenvalue weighted by molar-refractivity contribution is 7.99. The number of benzene rings is 1. The first-order valence-corrected chi connectivity index (χ1v) is 11.3. The van der Waals surface area contributed by atoms with Crippen LogP contribution in [0.4, 0.5) is 0 Å². The largest absolute Gasteiger partial charge is 0.359 e. The van der Waals surface area contributed by atoms with Gasteiger partial charge in [-0.3, -0.25) is 9.36 Å². The lowest BCUT2D eigenvalue weighted by Gasteiger charge is -2.20. The molecule has 3 aromatic rings. The molecule has 0 atom stereocenters. The number of carbonyl (C=O) groups excluding carboxylic acids is 1. The maximum Gasteiger partial charge on any atom is 0.192 e. The topological polar surface area (TPSA) is 63.6 Å². The van der Waals surface area contributed by atoms with E-state index in [0.717, 1.165) is 29.4 Å². The van der Waals surface area contributed by atoms with Gasteiger partial charge in [0.25, 0.3) is 0 Å². The van der Waals surface area contributed by atoms with Gasteiger partial charge < -0.3 is 4.98 Å². The van der Waals surface area contributed by atoms with E-state index in [2.05, 4.69) is 64.8 Å². The van der Waals surface area contributed by atoms with Crippen molar-refractivity contribution in [1.29, 1.82) is 0 Å². The van der Waals surface area contributed by atoms with Gasteiger partial charge in [0.1, 0.15) is 0 Å². The molecule has 0 radical (unpaired) electrons. The number of aromatic nitrogens is 4. The normalized spacial score (nSPS) is 15.1. The summed E-state index contributed by atoms with van der Waals surface area (Å²) in [5, 5.41) is 9.85. The predicted molar refractivity (Wildman–Crippen MR) is 118 cm³/mol. The fourth-order valence-electron chi connectivity index (χ4n) is 3.89. The third kappa shape index (κ3) is 4.32. The van der Waals surface area contributed by atoms with E-state index in [9.17, 15) is 4.79 Å². The fraction of sp³-hybridized carbons (Fsp3) is 0.435. The molecule has 1 aliphatic carbocycles. The van der Waals surface area contributed by atoms with Crippen molar-refractivity contribution in [1.82, 2.24) is 19.7 Å². The number of hydrogen-bond donors (Lipinski definition) is 1. The number of H-pyrrole nitrogens is 1. The Morgan fingerprint density at radius 1 is 1.14 bits per heavy atom. The molecule has 6 heteroatoms. The molecule has 5 nitrogen and oxygen atoms in total. The van der Waals surface area contributed by atoms with Crippen molar-refractivity contribution >= 4 is 17.5 Å². The minimum Gasteiger partial charge on any atom is -0.359 e. The standard InChI is InChI=1S/C23H28N4OS/c1-23(2,3)17-12-10-16(11-13-17)21-25-26-22(27(21)18-7-4-5-8-18)29-15-20(28)19-9-6-14-24-19/h6,9-14,18,24H,4-5,7-8,15H2,1-3H3. The SMILES string of the molecule is CC(C)(C)c1ccc(-c2nnc(SCC(=O)c3ccc[nH]3)n2C2CCCC2)cc1. The van der Waals surface area contributed by atoms with E-state index in [-0.39, 0.29) is 11.2 Å². The van der Waals surface area contributed by atoms with Crippen LogP contribution in [0, 0.1) is 0 Å². The molecule has 0 saturated heterocycles. The van der Waals surface area contributed by atoms with E-state index in [1.54, 1.807) is 6.20 Å². The molecule has 1 aromatic carbocycles. The molecule has 0 unspecified atom stereocenters. The van der Waals surface area contributed by atoms with Crippen LogP contribution in [0.1, 0.15) is 68.5 Å². The Morgan fingerprint density at radius 3 is 2.48 bits per heavy atom. The molecule has 1 N–H and O–H groups in total. The lowest BCUT2D eigenvalue weighted by atomic mass is 9.86. The number of carbonyl (C=O) groups is 1. The number of Topliss-reactive ketones (excluding diaryl/α,β-unsaturated/α-hetero) is 1. The van der Waals surface area contributed by atoms with Crippen LogP contribution in [-0.4, -0.2) is 31.3 Å². The molecular weight excluding hydrogens is 380 g/mol. The number of nitrogens with one attached hydrogen (secondary N) is 1. The van der Waals surface area contributed by atoms with Crippen molar-refractivity contribution in [2.75, 3.05) is 5.75 Å². The highest BCUT2D eigenvalue weighted by atomic mass is 32.2. The van der Waals surface area contributed by atoms with Crippen molar-refractivity contribution in [3.05, 3.63) is 53.9 Å². The van der Waals surface area contributed by atoms with E-state index in [1.807, 2.05) is 12.1 Å². The maximum atomic E-state index is 12.4. The monoisotopic (exact) mass is 408 g/mol. The quantitative estimate of drug-likeness (QED) is 0.422. The molecule has 2 heterocycles. The molecule has 1 saturated carbocycles. The number of aromatic amines is 1. The summed E-state index contributed by atoms with van der Waals surface area (Å²) < 4.78 is 2.27. The Morgan fingerprint density at radius 2 is 1.86 bits per heavy atom. The van der Waals surface area contributed by atoms with E-state index in [1.165, 1.54) is 30.2 Å².